The third-order valence-electron chi connectivity index (χ3n) is 4.80. The smallest absolute Gasteiger partial charge is 0.254 e. The molecule has 126 valence electrons. The molecule has 0 bridgehead atoms. The Bertz CT molecular complexity index is 553. The molecule has 1 aromatic carbocycles. The number of hydrogen-bond acceptors (Lipinski definition) is 3. The number of hydrogen-bond donors (Lipinski definition) is 1. The third kappa shape index (κ3) is 4.06. The van der Waals surface area contributed by atoms with E-state index in [-0.39, 0.29) is 11.5 Å². The van der Waals surface area contributed by atoms with Crippen molar-refractivity contribution < 1.29 is 13.6 Å². The summed E-state index contributed by atoms with van der Waals surface area (Å²) in [5.41, 5.74) is 0.218. The van der Waals surface area contributed by atoms with E-state index in [1.165, 1.54) is 18.9 Å². The summed E-state index contributed by atoms with van der Waals surface area (Å²) in [7, 11) is 0. The van der Waals surface area contributed by atoms with Gasteiger partial charge < -0.3 is 10.2 Å². The highest BCUT2D eigenvalue weighted by molar-refractivity contribution is 5.94. The Hall–Kier alpha value is -1.53. The first kappa shape index (κ1) is 16.3. The number of piperazine rings is 1. The molecule has 0 saturated carbocycles. The number of benzene rings is 1. The second kappa shape index (κ2) is 7.36. The summed E-state index contributed by atoms with van der Waals surface area (Å²) in [5, 5.41) is 3.37. The van der Waals surface area contributed by atoms with E-state index in [1.807, 2.05) is 0 Å². The Morgan fingerprint density at radius 1 is 1.09 bits per heavy atom. The van der Waals surface area contributed by atoms with E-state index in [0.29, 0.717) is 13.1 Å². The lowest BCUT2D eigenvalue weighted by Crippen LogP contribution is -2.50. The zero-order chi connectivity index (χ0) is 16.2. The molecule has 0 radical (unpaired) electrons. The number of nitrogens with zero attached hydrogens (tertiary/aromatic N) is 2. The van der Waals surface area contributed by atoms with Gasteiger partial charge in [0.1, 0.15) is 0 Å². The number of halogens is 2. The van der Waals surface area contributed by atoms with Crippen molar-refractivity contribution in [1.82, 2.24) is 15.1 Å². The number of carbonyl (C=O) groups excluding carboxylic acids is 1. The van der Waals surface area contributed by atoms with Crippen LogP contribution in [0, 0.1) is 17.6 Å². The van der Waals surface area contributed by atoms with Gasteiger partial charge in [-0.25, -0.2) is 8.78 Å². The molecule has 2 saturated heterocycles. The fourth-order valence-electron chi connectivity index (χ4n) is 3.37. The van der Waals surface area contributed by atoms with Gasteiger partial charge in [0.15, 0.2) is 11.6 Å². The third-order valence-corrected chi connectivity index (χ3v) is 4.80. The number of carbonyl (C=O) groups is 1. The monoisotopic (exact) mass is 323 g/mol. The summed E-state index contributed by atoms with van der Waals surface area (Å²) in [5.74, 6) is -1.37. The fraction of sp³-hybridized carbons (Fsp3) is 0.588. The highest BCUT2D eigenvalue weighted by atomic mass is 19.2. The maximum absolute atomic E-state index is 13.3. The van der Waals surface area contributed by atoms with Gasteiger partial charge in [0.2, 0.25) is 0 Å². The van der Waals surface area contributed by atoms with E-state index in [1.54, 1.807) is 4.90 Å². The minimum atomic E-state index is -0.972. The van der Waals surface area contributed by atoms with Gasteiger partial charge in [0.25, 0.3) is 5.91 Å². The normalized spacial score (nSPS) is 20.7. The number of piperidine rings is 1. The molecule has 23 heavy (non-hydrogen) atoms. The van der Waals surface area contributed by atoms with Gasteiger partial charge in [-0.3, -0.25) is 9.69 Å². The van der Waals surface area contributed by atoms with Gasteiger partial charge in [-0.1, -0.05) is 0 Å². The lowest BCUT2D eigenvalue weighted by molar-refractivity contribution is 0.0608. The molecule has 2 aliphatic heterocycles. The van der Waals surface area contributed by atoms with Crippen LogP contribution < -0.4 is 5.32 Å². The van der Waals surface area contributed by atoms with Crippen LogP contribution >= 0.6 is 0 Å². The fourth-order valence-corrected chi connectivity index (χ4v) is 3.37. The Balaban J connectivity index is 1.51. The predicted octanol–water partition coefficient (Wildman–Crippen LogP) is 1.72. The molecule has 0 atom stereocenters. The molecule has 3 rings (SSSR count). The molecule has 2 heterocycles. The quantitative estimate of drug-likeness (QED) is 0.920. The zero-order valence-electron chi connectivity index (χ0n) is 13.2. The Morgan fingerprint density at radius 3 is 2.43 bits per heavy atom. The molecular weight excluding hydrogens is 300 g/mol. The Kier molecular flexibility index (Phi) is 5.23. The minimum Gasteiger partial charge on any atom is -0.336 e. The van der Waals surface area contributed by atoms with Crippen molar-refractivity contribution >= 4 is 5.91 Å². The lowest BCUT2D eigenvalue weighted by Gasteiger charge is -2.37. The number of nitrogens with one attached hydrogen (secondary N) is 1. The van der Waals surface area contributed by atoms with Crippen molar-refractivity contribution in [2.24, 2.45) is 5.92 Å². The molecule has 0 unspecified atom stereocenters. The van der Waals surface area contributed by atoms with Crippen molar-refractivity contribution in [3.8, 4) is 0 Å². The van der Waals surface area contributed by atoms with Crippen LogP contribution in [0.4, 0.5) is 8.78 Å². The van der Waals surface area contributed by atoms with Crippen LogP contribution in [0.3, 0.4) is 0 Å². The maximum atomic E-state index is 13.3. The molecule has 4 nitrogen and oxygen atoms in total. The van der Waals surface area contributed by atoms with E-state index >= 15 is 0 Å². The van der Waals surface area contributed by atoms with E-state index < -0.39 is 11.6 Å². The average molecular weight is 323 g/mol. The topological polar surface area (TPSA) is 35.6 Å². The van der Waals surface area contributed by atoms with Crippen LogP contribution in [0.25, 0.3) is 0 Å². The van der Waals surface area contributed by atoms with E-state index in [9.17, 15) is 13.6 Å². The molecule has 1 amide bonds. The van der Waals surface area contributed by atoms with Crippen molar-refractivity contribution in [1.29, 1.82) is 0 Å². The Morgan fingerprint density at radius 2 is 1.78 bits per heavy atom. The number of rotatable bonds is 3. The van der Waals surface area contributed by atoms with Gasteiger partial charge in [-0.05, 0) is 50.0 Å². The molecule has 1 aromatic rings. The van der Waals surface area contributed by atoms with Crippen LogP contribution in [0.5, 0.6) is 0 Å². The van der Waals surface area contributed by atoms with E-state index in [0.717, 1.165) is 50.8 Å². The first-order valence-electron chi connectivity index (χ1n) is 8.31. The van der Waals surface area contributed by atoms with E-state index in [4.69, 9.17) is 0 Å². The minimum absolute atomic E-state index is 0.217. The standard InChI is InChI=1S/C17H23F2N3O/c18-15-2-1-14(11-16(15)19)17(23)22-9-7-21(8-10-22)12-13-3-5-20-6-4-13/h1-2,11,13,20H,3-10,12H2. The second-order valence-corrected chi connectivity index (χ2v) is 6.42. The van der Waals surface area contributed by atoms with Crippen LogP contribution in [-0.4, -0.2) is 61.5 Å². The van der Waals surface area contributed by atoms with Crippen molar-refractivity contribution in [3.05, 3.63) is 35.4 Å². The second-order valence-electron chi connectivity index (χ2n) is 6.42. The van der Waals surface area contributed by atoms with Gasteiger partial charge in [-0.2, -0.15) is 0 Å². The van der Waals surface area contributed by atoms with Gasteiger partial charge in [-0.15, -0.1) is 0 Å². The van der Waals surface area contributed by atoms with Crippen molar-refractivity contribution in [3.63, 3.8) is 0 Å². The molecular formula is C17H23F2N3O. The Labute approximate surface area is 135 Å². The largest absolute Gasteiger partial charge is 0.336 e. The molecule has 0 spiro atoms. The average Bonchev–Trinajstić information content (AvgIpc) is 2.58. The maximum Gasteiger partial charge on any atom is 0.254 e. The number of amides is 1. The van der Waals surface area contributed by atoms with Gasteiger partial charge in [0, 0.05) is 38.3 Å². The summed E-state index contributed by atoms with van der Waals surface area (Å²) in [6.07, 6.45) is 2.43. The predicted molar refractivity (Wildman–Crippen MR) is 84.3 cm³/mol. The van der Waals surface area contributed by atoms with Gasteiger partial charge >= 0.3 is 0 Å². The molecule has 0 aliphatic carbocycles. The van der Waals surface area contributed by atoms with Crippen LogP contribution in [0.2, 0.25) is 0 Å². The summed E-state index contributed by atoms with van der Waals surface area (Å²) < 4.78 is 26.2. The molecule has 2 fully saturated rings. The summed E-state index contributed by atoms with van der Waals surface area (Å²) >= 11 is 0. The summed E-state index contributed by atoms with van der Waals surface area (Å²) in [6, 6.07) is 3.34. The summed E-state index contributed by atoms with van der Waals surface area (Å²) in [4.78, 5) is 16.5. The van der Waals surface area contributed by atoms with Crippen LogP contribution in [0.1, 0.15) is 23.2 Å². The first-order valence-corrected chi connectivity index (χ1v) is 8.31. The SMILES string of the molecule is O=C(c1ccc(F)c(F)c1)N1CCN(CC2CCNCC2)CC1. The lowest BCUT2D eigenvalue weighted by atomic mass is 9.97. The molecule has 1 N–H and O–H groups in total. The molecule has 6 heteroatoms. The van der Waals surface area contributed by atoms with Gasteiger partial charge in [0.05, 0.1) is 0 Å². The highest BCUT2D eigenvalue weighted by Crippen LogP contribution is 2.16. The molecule has 0 aromatic heterocycles. The van der Waals surface area contributed by atoms with Crippen LogP contribution in [-0.2, 0) is 0 Å². The molecule has 2 aliphatic rings. The van der Waals surface area contributed by atoms with E-state index in [2.05, 4.69) is 10.2 Å². The van der Waals surface area contributed by atoms with Crippen molar-refractivity contribution in [2.45, 2.75) is 12.8 Å². The summed E-state index contributed by atoms with van der Waals surface area (Å²) in [6.45, 7) is 6.26. The first-order chi connectivity index (χ1) is 11.1. The van der Waals surface area contributed by atoms with Crippen molar-refractivity contribution in [2.75, 3.05) is 45.8 Å². The van der Waals surface area contributed by atoms with Crippen LogP contribution in [0.15, 0.2) is 18.2 Å². The zero-order valence-corrected chi connectivity index (χ0v) is 13.2. The highest BCUT2D eigenvalue weighted by Gasteiger charge is 2.24.